The number of hydrogen-bond donors (Lipinski definition) is 0. The van der Waals surface area contributed by atoms with Crippen LogP contribution in [0.4, 0.5) is 5.13 Å². The number of halogens is 2. The fourth-order valence-corrected chi connectivity index (χ4v) is 4.29. The number of hydrogen-bond acceptors (Lipinski definition) is 5. The lowest BCUT2D eigenvalue weighted by atomic mass is 10.0. The van der Waals surface area contributed by atoms with E-state index in [2.05, 4.69) is 52.8 Å². The highest BCUT2D eigenvalue weighted by atomic mass is 79.9. The van der Waals surface area contributed by atoms with Crippen LogP contribution in [0.5, 0.6) is 0 Å². The Labute approximate surface area is 131 Å². The van der Waals surface area contributed by atoms with Gasteiger partial charge in [-0.05, 0) is 44.7 Å². The molecule has 1 atom stereocenters. The zero-order valence-corrected chi connectivity index (χ0v) is 13.9. The first-order chi connectivity index (χ1) is 9.19. The molecule has 1 saturated heterocycles. The average Bonchev–Trinajstić information content (AvgIpc) is 2.89. The highest BCUT2D eigenvalue weighted by Gasteiger charge is 2.23. The lowest BCUT2D eigenvalue weighted by molar-refractivity contribution is 0.493. The van der Waals surface area contributed by atoms with Gasteiger partial charge in [0.1, 0.15) is 10.1 Å². The third kappa shape index (κ3) is 2.49. The fourth-order valence-electron chi connectivity index (χ4n) is 2.24. The van der Waals surface area contributed by atoms with Gasteiger partial charge in [0.15, 0.2) is 5.13 Å². The Morgan fingerprint density at radius 3 is 3.05 bits per heavy atom. The van der Waals surface area contributed by atoms with Crippen LogP contribution in [-0.2, 0) is 0 Å². The maximum absolute atomic E-state index is 9.07. The minimum atomic E-state index is 0.116. The van der Waals surface area contributed by atoms with Crippen molar-refractivity contribution in [3.8, 4) is 6.07 Å². The van der Waals surface area contributed by atoms with Gasteiger partial charge in [0.05, 0.1) is 21.2 Å². The molecule has 0 amide bonds. The maximum Gasteiger partial charge on any atom is 0.186 e. The van der Waals surface area contributed by atoms with Crippen molar-refractivity contribution in [2.75, 3.05) is 18.0 Å². The topological polar surface area (TPSA) is 52.8 Å². The molecule has 4 nitrogen and oxygen atoms in total. The summed E-state index contributed by atoms with van der Waals surface area (Å²) in [6.07, 6.45) is 3.80. The summed E-state index contributed by atoms with van der Waals surface area (Å²) in [5.74, 6) is 0.116. The van der Waals surface area contributed by atoms with E-state index in [4.69, 9.17) is 5.26 Å². The number of nitrogens with zero attached hydrogens (tertiary/aromatic N) is 4. The predicted molar refractivity (Wildman–Crippen MR) is 83.4 cm³/mol. The fraction of sp³-hybridized carbons (Fsp3) is 0.417. The van der Waals surface area contributed by atoms with Crippen LogP contribution in [0.1, 0.15) is 12.8 Å². The van der Waals surface area contributed by atoms with E-state index in [0.717, 1.165) is 50.4 Å². The molecule has 2 aromatic heterocycles. The second kappa shape index (κ2) is 5.35. The van der Waals surface area contributed by atoms with Crippen molar-refractivity contribution in [1.82, 2.24) is 9.97 Å². The van der Waals surface area contributed by atoms with Gasteiger partial charge in [-0.2, -0.15) is 5.26 Å². The normalized spacial score (nSPS) is 19.6. The molecule has 0 aliphatic carbocycles. The highest BCUT2D eigenvalue weighted by Crippen LogP contribution is 2.37. The van der Waals surface area contributed by atoms with Crippen LogP contribution in [0.15, 0.2) is 15.3 Å². The summed E-state index contributed by atoms with van der Waals surface area (Å²) >= 11 is 8.57. The average molecular weight is 402 g/mol. The number of pyridine rings is 1. The SMILES string of the molecule is N#C[C@H]1CCCN(c2nc3c(Br)cnc(Br)c3s2)C1. The predicted octanol–water partition coefficient (Wildman–Crippen LogP) is 3.96. The van der Waals surface area contributed by atoms with Crippen LogP contribution in [0, 0.1) is 17.2 Å². The molecule has 0 N–H and O–H groups in total. The molecule has 1 fully saturated rings. The van der Waals surface area contributed by atoms with E-state index in [1.165, 1.54) is 0 Å². The Morgan fingerprint density at radius 2 is 2.32 bits per heavy atom. The number of aromatic nitrogens is 2. The molecule has 0 aromatic carbocycles. The van der Waals surface area contributed by atoms with Crippen LogP contribution in [0.3, 0.4) is 0 Å². The zero-order valence-electron chi connectivity index (χ0n) is 9.94. The summed E-state index contributed by atoms with van der Waals surface area (Å²) in [5.41, 5.74) is 0.931. The first-order valence-corrected chi connectivity index (χ1v) is 8.34. The number of rotatable bonds is 1. The highest BCUT2D eigenvalue weighted by molar-refractivity contribution is 9.11. The molecule has 0 bridgehead atoms. The summed E-state index contributed by atoms with van der Waals surface area (Å²) in [5, 5.41) is 10.0. The van der Waals surface area contributed by atoms with Crippen LogP contribution in [-0.4, -0.2) is 23.1 Å². The molecule has 3 rings (SSSR count). The monoisotopic (exact) mass is 400 g/mol. The Hall–Kier alpha value is -0.710. The van der Waals surface area contributed by atoms with Gasteiger partial charge in [-0.1, -0.05) is 11.3 Å². The lowest BCUT2D eigenvalue weighted by Crippen LogP contribution is -2.34. The van der Waals surface area contributed by atoms with E-state index < -0.39 is 0 Å². The van der Waals surface area contributed by atoms with E-state index in [-0.39, 0.29) is 5.92 Å². The third-order valence-corrected chi connectivity index (χ3v) is 5.76. The standard InChI is InChI=1S/C12H10Br2N4S/c13-8-5-16-11(14)10-9(8)17-12(19-10)18-3-1-2-7(4-15)6-18/h5,7H,1-3,6H2/t7-/m1/s1. The largest absolute Gasteiger partial charge is 0.347 e. The Balaban J connectivity index is 2.00. The molecule has 2 aromatic rings. The minimum Gasteiger partial charge on any atom is -0.347 e. The molecular weight excluding hydrogens is 392 g/mol. The second-order valence-corrected chi connectivity index (χ2v) is 7.07. The smallest absolute Gasteiger partial charge is 0.186 e. The van der Waals surface area contributed by atoms with Crippen molar-refractivity contribution >= 4 is 58.5 Å². The van der Waals surface area contributed by atoms with Crippen LogP contribution < -0.4 is 4.90 Å². The van der Waals surface area contributed by atoms with Crippen molar-refractivity contribution in [3.63, 3.8) is 0 Å². The molecule has 7 heteroatoms. The number of nitriles is 1. The van der Waals surface area contributed by atoms with Crippen molar-refractivity contribution in [2.24, 2.45) is 5.92 Å². The molecule has 19 heavy (non-hydrogen) atoms. The van der Waals surface area contributed by atoms with Crippen molar-refractivity contribution in [1.29, 1.82) is 5.26 Å². The number of thiazole rings is 1. The van der Waals surface area contributed by atoms with Gasteiger partial charge >= 0.3 is 0 Å². The zero-order chi connectivity index (χ0) is 13.4. The molecular formula is C12H10Br2N4S. The number of fused-ring (bicyclic) bond motifs is 1. The molecule has 0 radical (unpaired) electrons. The molecule has 0 saturated carbocycles. The molecule has 3 heterocycles. The summed E-state index contributed by atoms with van der Waals surface area (Å²) in [6.45, 7) is 1.75. The Bertz CT molecular complexity index is 625. The first kappa shape index (κ1) is 13.3. The van der Waals surface area contributed by atoms with Gasteiger partial charge in [-0.25, -0.2) is 9.97 Å². The summed E-state index contributed by atoms with van der Waals surface area (Å²) in [7, 11) is 0. The van der Waals surface area contributed by atoms with Gasteiger partial charge in [-0.15, -0.1) is 0 Å². The maximum atomic E-state index is 9.07. The summed E-state index contributed by atoms with van der Waals surface area (Å²) < 4.78 is 2.77. The second-order valence-electron chi connectivity index (χ2n) is 4.49. The van der Waals surface area contributed by atoms with Crippen LogP contribution >= 0.6 is 43.2 Å². The molecule has 1 aliphatic heterocycles. The number of piperidine rings is 1. The van der Waals surface area contributed by atoms with Gasteiger partial charge in [-0.3, -0.25) is 0 Å². The third-order valence-electron chi connectivity index (χ3n) is 3.20. The van der Waals surface area contributed by atoms with E-state index in [9.17, 15) is 0 Å². The van der Waals surface area contributed by atoms with E-state index >= 15 is 0 Å². The molecule has 0 spiro atoms. The molecule has 98 valence electrons. The lowest BCUT2D eigenvalue weighted by Gasteiger charge is -2.28. The molecule has 0 unspecified atom stereocenters. The Kier molecular flexibility index (Phi) is 3.74. The van der Waals surface area contributed by atoms with Crippen molar-refractivity contribution in [2.45, 2.75) is 12.8 Å². The molecule has 1 aliphatic rings. The van der Waals surface area contributed by atoms with Crippen molar-refractivity contribution in [3.05, 3.63) is 15.3 Å². The quantitative estimate of drug-likeness (QED) is 0.678. The van der Waals surface area contributed by atoms with Gasteiger partial charge in [0.25, 0.3) is 0 Å². The van der Waals surface area contributed by atoms with E-state index in [0.29, 0.717) is 0 Å². The summed E-state index contributed by atoms with van der Waals surface area (Å²) in [6, 6.07) is 2.36. The van der Waals surface area contributed by atoms with Gasteiger partial charge in [0.2, 0.25) is 0 Å². The van der Waals surface area contributed by atoms with Gasteiger partial charge in [0, 0.05) is 19.3 Å². The van der Waals surface area contributed by atoms with Crippen LogP contribution in [0.25, 0.3) is 10.2 Å². The van der Waals surface area contributed by atoms with Crippen molar-refractivity contribution < 1.29 is 0 Å². The van der Waals surface area contributed by atoms with E-state index in [1.54, 1.807) is 17.5 Å². The van der Waals surface area contributed by atoms with Gasteiger partial charge < -0.3 is 4.90 Å². The minimum absolute atomic E-state index is 0.116. The van der Waals surface area contributed by atoms with E-state index in [1.807, 2.05) is 0 Å². The first-order valence-electron chi connectivity index (χ1n) is 5.94. The number of anilines is 1. The van der Waals surface area contributed by atoms with Crippen LogP contribution in [0.2, 0.25) is 0 Å². The summed E-state index contributed by atoms with van der Waals surface area (Å²) in [4.78, 5) is 11.2. The Morgan fingerprint density at radius 1 is 1.47 bits per heavy atom.